The van der Waals surface area contributed by atoms with Gasteiger partial charge >= 0.3 is 5.97 Å². The number of esters is 1. The summed E-state index contributed by atoms with van der Waals surface area (Å²) >= 11 is 3.31. The Kier molecular flexibility index (Phi) is 16.3. The highest BCUT2D eigenvalue weighted by Crippen LogP contribution is 2.12. The highest BCUT2D eigenvalue weighted by molar-refractivity contribution is 9.10. The van der Waals surface area contributed by atoms with E-state index in [-0.39, 0.29) is 10.8 Å². The molecule has 0 rings (SSSR count). The molecular weight excluding hydrogens is 328 g/mol. The van der Waals surface area contributed by atoms with E-state index >= 15 is 0 Å². The molecule has 2 nitrogen and oxygen atoms in total. The second-order valence-corrected chi connectivity index (χ2v) is 7.04. The number of unbranched alkanes of at least 4 members (excludes halogenated alkanes) is 11. The number of hydrogen-bond acceptors (Lipinski definition) is 2. The number of halogens is 1. The third kappa shape index (κ3) is 14.6. The summed E-state index contributed by atoms with van der Waals surface area (Å²) in [5, 5.41) is 0. The summed E-state index contributed by atoms with van der Waals surface area (Å²) < 4.78 is 5.20. The summed E-state index contributed by atoms with van der Waals surface area (Å²) in [4.78, 5) is 11.3. The maximum atomic E-state index is 11.4. The molecule has 0 N–H and O–H groups in total. The quantitative estimate of drug-likeness (QED) is 0.191. The molecule has 0 saturated carbocycles. The molecule has 0 aliphatic heterocycles. The van der Waals surface area contributed by atoms with Crippen LogP contribution in [-0.2, 0) is 9.53 Å². The van der Waals surface area contributed by atoms with Crippen molar-refractivity contribution in [2.45, 2.75) is 102 Å². The van der Waals surface area contributed by atoms with Gasteiger partial charge in [0.25, 0.3) is 0 Å². The number of carbonyl (C=O) groups is 1. The van der Waals surface area contributed by atoms with Crippen LogP contribution in [0.3, 0.4) is 0 Å². The molecule has 0 aromatic heterocycles. The van der Waals surface area contributed by atoms with E-state index < -0.39 is 0 Å². The number of ether oxygens (including phenoxy) is 1. The van der Waals surface area contributed by atoms with Crippen molar-refractivity contribution in [1.82, 2.24) is 0 Å². The van der Waals surface area contributed by atoms with Gasteiger partial charge in [-0.3, -0.25) is 4.79 Å². The minimum atomic E-state index is -0.130. The van der Waals surface area contributed by atoms with Crippen molar-refractivity contribution in [3.63, 3.8) is 0 Å². The van der Waals surface area contributed by atoms with Gasteiger partial charge in [0.1, 0.15) is 4.83 Å². The summed E-state index contributed by atoms with van der Waals surface area (Å²) in [5.41, 5.74) is 0. The Bertz CT molecular complexity index is 231. The largest absolute Gasteiger partial charge is 0.465 e. The number of carbonyl (C=O) groups excluding carboxylic acids is 1. The van der Waals surface area contributed by atoms with Crippen molar-refractivity contribution in [2.75, 3.05) is 6.61 Å². The molecule has 21 heavy (non-hydrogen) atoms. The number of rotatable bonds is 15. The molecule has 0 fully saturated rings. The normalized spacial score (nSPS) is 12.3. The molecule has 0 spiro atoms. The number of hydrogen-bond donors (Lipinski definition) is 0. The van der Waals surface area contributed by atoms with E-state index in [1.165, 1.54) is 70.6 Å². The van der Waals surface area contributed by atoms with Gasteiger partial charge in [-0.05, 0) is 12.8 Å². The molecule has 0 radical (unpaired) electrons. The molecular formula is C18H35BrO2. The van der Waals surface area contributed by atoms with Gasteiger partial charge in [0.05, 0.1) is 6.61 Å². The Hall–Kier alpha value is -0.0500. The highest BCUT2D eigenvalue weighted by Gasteiger charge is 2.12. The zero-order chi connectivity index (χ0) is 15.8. The minimum absolute atomic E-state index is 0.111. The van der Waals surface area contributed by atoms with E-state index in [0.29, 0.717) is 6.61 Å². The molecule has 0 aromatic rings. The molecule has 0 aliphatic carbocycles. The van der Waals surface area contributed by atoms with Gasteiger partial charge in [-0.25, -0.2) is 0 Å². The van der Waals surface area contributed by atoms with Crippen LogP contribution in [0.4, 0.5) is 0 Å². The average molecular weight is 363 g/mol. The third-order valence-electron chi connectivity index (χ3n) is 3.86. The molecule has 0 heterocycles. The van der Waals surface area contributed by atoms with Crippen LogP contribution in [0, 0.1) is 0 Å². The Morgan fingerprint density at radius 1 is 0.810 bits per heavy atom. The van der Waals surface area contributed by atoms with Gasteiger partial charge in [0.2, 0.25) is 0 Å². The van der Waals surface area contributed by atoms with Gasteiger partial charge in [-0.1, -0.05) is 100 Å². The van der Waals surface area contributed by atoms with E-state index in [0.717, 1.165) is 12.8 Å². The van der Waals surface area contributed by atoms with Crippen molar-refractivity contribution < 1.29 is 9.53 Å². The fourth-order valence-corrected chi connectivity index (χ4v) is 2.51. The lowest BCUT2D eigenvalue weighted by Crippen LogP contribution is -2.16. The maximum absolute atomic E-state index is 11.4. The van der Waals surface area contributed by atoms with Crippen LogP contribution in [0.1, 0.15) is 97.3 Å². The molecule has 0 saturated heterocycles. The summed E-state index contributed by atoms with van der Waals surface area (Å²) in [5.74, 6) is -0.111. The molecule has 1 atom stereocenters. The molecule has 1 unspecified atom stereocenters. The molecule has 0 bridgehead atoms. The first-order valence-corrected chi connectivity index (χ1v) is 9.94. The molecule has 0 amide bonds. The van der Waals surface area contributed by atoms with Crippen molar-refractivity contribution in [1.29, 1.82) is 0 Å². The lowest BCUT2D eigenvalue weighted by molar-refractivity contribution is -0.142. The highest BCUT2D eigenvalue weighted by atomic mass is 79.9. The minimum Gasteiger partial charge on any atom is -0.465 e. The van der Waals surface area contributed by atoms with Crippen molar-refractivity contribution >= 4 is 21.9 Å². The van der Waals surface area contributed by atoms with Gasteiger partial charge in [-0.15, -0.1) is 0 Å². The topological polar surface area (TPSA) is 26.3 Å². The van der Waals surface area contributed by atoms with E-state index in [9.17, 15) is 4.79 Å². The van der Waals surface area contributed by atoms with Gasteiger partial charge in [0.15, 0.2) is 0 Å². The first-order valence-electron chi connectivity index (χ1n) is 9.03. The third-order valence-corrected chi connectivity index (χ3v) is 4.88. The van der Waals surface area contributed by atoms with Crippen LogP contribution < -0.4 is 0 Å². The average Bonchev–Trinajstić information content (AvgIpc) is 2.50. The first-order chi connectivity index (χ1) is 10.2. The Labute approximate surface area is 140 Å². The Morgan fingerprint density at radius 2 is 1.24 bits per heavy atom. The van der Waals surface area contributed by atoms with Gasteiger partial charge < -0.3 is 4.74 Å². The lowest BCUT2D eigenvalue weighted by Gasteiger charge is -2.07. The summed E-state index contributed by atoms with van der Waals surface area (Å²) in [6.07, 6.45) is 16.8. The predicted molar refractivity (Wildman–Crippen MR) is 95.0 cm³/mol. The monoisotopic (exact) mass is 362 g/mol. The van der Waals surface area contributed by atoms with Crippen LogP contribution in [0.25, 0.3) is 0 Å². The molecule has 0 aliphatic rings. The fourth-order valence-electron chi connectivity index (χ4n) is 2.37. The van der Waals surface area contributed by atoms with Crippen LogP contribution in [0.2, 0.25) is 0 Å². The van der Waals surface area contributed by atoms with E-state index in [4.69, 9.17) is 4.74 Å². The first kappa shape index (κ1) is 20.9. The maximum Gasteiger partial charge on any atom is 0.319 e. The van der Waals surface area contributed by atoms with E-state index in [1.54, 1.807) is 0 Å². The summed E-state index contributed by atoms with van der Waals surface area (Å²) in [6, 6.07) is 0. The fraction of sp³-hybridized carbons (Fsp3) is 0.944. The molecule has 126 valence electrons. The van der Waals surface area contributed by atoms with Crippen LogP contribution >= 0.6 is 15.9 Å². The molecule has 0 aromatic carbocycles. The zero-order valence-electron chi connectivity index (χ0n) is 14.2. The number of alkyl halides is 1. The standard InChI is InChI=1S/C18H35BrO2/c1-3-5-6-7-8-9-10-11-12-13-14-15-16-21-18(20)17(19)4-2/h17H,3-16H2,1-2H3. The lowest BCUT2D eigenvalue weighted by atomic mass is 10.1. The van der Waals surface area contributed by atoms with Crippen LogP contribution in [0.5, 0.6) is 0 Å². The van der Waals surface area contributed by atoms with Crippen molar-refractivity contribution in [3.8, 4) is 0 Å². The smallest absolute Gasteiger partial charge is 0.319 e. The van der Waals surface area contributed by atoms with Crippen molar-refractivity contribution in [2.24, 2.45) is 0 Å². The van der Waals surface area contributed by atoms with Crippen LogP contribution in [-0.4, -0.2) is 17.4 Å². The Balaban J connectivity index is 3.11. The molecule has 3 heteroatoms. The summed E-state index contributed by atoms with van der Waals surface area (Å²) in [7, 11) is 0. The summed E-state index contributed by atoms with van der Waals surface area (Å²) in [6.45, 7) is 4.83. The van der Waals surface area contributed by atoms with E-state index in [2.05, 4.69) is 22.9 Å². The predicted octanol–water partition coefficient (Wildman–Crippen LogP) is 6.40. The SMILES string of the molecule is CCCCCCCCCCCCCCOC(=O)C(Br)CC. The second kappa shape index (κ2) is 16.3. The Morgan fingerprint density at radius 3 is 1.67 bits per heavy atom. The van der Waals surface area contributed by atoms with Crippen molar-refractivity contribution in [3.05, 3.63) is 0 Å². The van der Waals surface area contributed by atoms with Gasteiger partial charge in [-0.2, -0.15) is 0 Å². The second-order valence-electron chi connectivity index (χ2n) is 5.93. The van der Waals surface area contributed by atoms with E-state index in [1.807, 2.05) is 6.92 Å². The zero-order valence-corrected chi connectivity index (χ0v) is 15.8. The van der Waals surface area contributed by atoms with Crippen LogP contribution in [0.15, 0.2) is 0 Å². The van der Waals surface area contributed by atoms with Gasteiger partial charge in [0, 0.05) is 0 Å².